The number of amides is 2. The molecule has 0 aromatic heterocycles. The van der Waals surface area contributed by atoms with Gasteiger partial charge in [-0.1, -0.05) is 52.3 Å². The van der Waals surface area contributed by atoms with Crippen molar-refractivity contribution in [3.05, 3.63) is 87.3 Å². The van der Waals surface area contributed by atoms with Crippen LogP contribution in [-0.2, 0) is 16.0 Å². The van der Waals surface area contributed by atoms with E-state index in [1.807, 2.05) is 42.5 Å². The number of nitrogens with one attached hydrogen (secondary N) is 2. The number of benzene rings is 3. The Morgan fingerprint density at radius 2 is 1.50 bits per heavy atom. The first-order valence-corrected chi connectivity index (χ1v) is 10.9. The highest BCUT2D eigenvalue weighted by Gasteiger charge is 2.08. The summed E-state index contributed by atoms with van der Waals surface area (Å²) in [6.07, 6.45) is 1.06. The van der Waals surface area contributed by atoms with Crippen molar-refractivity contribution in [2.75, 3.05) is 17.2 Å². The molecule has 0 atom stereocenters. The van der Waals surface area contributed by atoms with Gasteiger partial charge in [0.15, 0.2) is 6.61 Å². The molecule has 0 bridgehead atoms. The minimum atomic E-state index is -0.294. The summed E-state index contributed by atoms with van der Waals surface area (Å²) in [5.74, 6) is 0.205. The van der Waals surface area contributed by atoms with Crippen molar-refractivity contribution in [1.29, 1.82) is 0 Å². The quantitative estimate of drug-likeness (QED) is 0.386. The van der Waals surface area contributed by atoms with E-state index >= 15 is 0 Å². The van der Waals surface area contributed by atoms with Gasteiger partial charge in [-0.25, -0.2) is 0 Å². The topological polar surface area (TPSA) is 67.4 Å². The van der Waals surface area contributed by atoms with E-state index in [2.05, 4.69) is 42.5 Å². The highest BCUT2D eigenvalue weighted by Crippen LogP contribution is 2.28. The third-order valence-electron chi connectivity index (χ3n) is 4.17. The molecule has 7 heteroatoms. The lowest BCUT2D eigenvalue weighted by Gasteiger charge is -2.11. The van der Waals surface area contributed by atoms with Gasteiger partial charge in [-0.15, -0.1) is 0 Å². The van der Waals surface area contributed by atoms with E-state index in [1.54, 1.807) is 30.3 Å². The second-order valence-corrected chi connectivity index (χ2v) is 8.30. The third-order valence-corrected chi connectivity index (χ3v) is 5.28. The molecule has 0 aliphatic heterocycles. The van der Waals surface area contributed by atoms with E-state index in [1.165, 1.54) is 0 Å². The van der Waals surface area contributed by atoms with Gasteiger partial charge in [0.1, 0.15) is 5.75 Å². The molecule has 0 aliphatic carbocycles. The van der Waals surface area contributed by atoms with Crippen molar-refractivity contribution >= 4 is 55.0 Å². The third kappa shape index (κ3) is 7.00. The maximum Gasteiger partial charge on any atom is 0.262 e. The summed E-state index contributed by atoms with van der Waals surface area (Å²) in [6, 6.07) is 22.3. The molecule has 0 spiro atoms. The number of carbonyl (C=O) groups excluding carboxylic acids is 2. The monoisotopic (exact) mass is 530 g/mol. The molecule has 5 nitrogen and oxygen atoms in total. The Kier molecular flexibility index (Phi) is 8.04. The number of anilines is 2. The molecule has 0 heterocycles. The van der Waals surface area contributed by atoms with Crippen LogP contribution < -0.4 is 15.4 Å². The lowest BCUT2D eigenvalue weighted by atomic mass is 10.1. The lowest BCUT2D eigenvalue weighted by Crippen LogP contribution is -2.20. The Balaban J connectivity index is 1.49. The van der Waals surface area contributed by atoms with E-state index in [0.29, 0.717) is 30.0 Å². The van der Waals surface area contributed by atoms with Gasteiger partial charge in [-0.05, 0) is 64.3 Å². The van der Waals surface area contributed by atoms with E-state index < -0.39 is 0 Å². The highest BCUT2D eigenvalue weighted by atomic mass is 79.9. The normalized spacial score (nSPS) is 10.3. The summed E-state index contributed by atoms with van der Waals surface area (Å²) in [7, 11) is 0. The largest absolute Gasteiger partial charge is 0.483 e. The van der Waals surface area contributed by atoms with Crippen LogP contribution in [0.1, 0.15) is 12.0 Å². The van der Waals surface area contributed by atoms with Crippen molar-refractivity contribution in [2.45, 2.75) is 12.8 Å². The van der Waals surface area contributed by atoms with Crippen LogP contribution in [0.4, 0.5) is 11.4 Å². The van der Waals surface area contributed by atoms with Crippen LogP contribution in [0.3, 0.4) is 0 Å². The Morgan fingerprint density at radius 3 is 2.20 bits per heavy atom. The van der Waals surface area contributed by atoms with Crippen molar-refractivity contribution < 1.29 is 14.3 Å². The van der Waals surface area contributed by atoms with Crippen molar-refractivity contribution in [2.24, 2.45) is 0 Å². The predicted molar refractivity (Wildman–Crippen MR) is 126 cm³/mol. The molecule has 0 radical (unpaired) electrons. The number of hydrogen-bond acceptors (Lipinski definition) is 3. The number of rotatable bonds is 8. The minimum absolute atomic E-state index is 0.0780. The molecule has 0 aliphatic rings. The first kappa shape index (κ1) is 22.1. The lowest BCUT2D eigenvalue weighted by molar-refractivity contribution is -0.118. The van der Waals surface area contributed by atoms with Gasteiger partial charge < -0.3 is 15.4 Å². The fourth-order valence-corrected chi connectivity index (χ4v) is 3.89. The zero-order valence-electron chi connectivity index (χ0n) is 16.0. The predicted octanol–water partition coefficient (Wildman–Crippen LogP) is 5.80. The van der Waals surface area contributed by atoms with Gasteiger partial charge in [0.2, 0.25) is 5.91 Å². The fourth-order valence-electron chi connectivity index (χ4n) is 2.73. The van der Waals surface area contributed by atoms with Gasteiger partial charge in [-0.3, -0.25) is 9.59 Å². The Bertz CT molecular complexity index is 1030. The van der Waals surface area contributed by atoms with Gasteiger partial charge in [-0.2, -0.15) is 0 Å². The Morgan fingerprint density at radius 1 is 0.800 bits per heavy atom. The van der Waals surface area contributed by atoms with Gasteiger partial charge in [0, 0.05) is 22.3 Å². The van der Waals surface area contributed by atoms with Gasteiger partial charge in [0.05, 0.1) is 4.47 Å². The van der Waals surface area contributed by atoms with Crippen LogP contribution in [0.25, 0.3) is 0 Å². The molecular weight excluding hydrogens is 512 g/mol. The molecule has 3 aromatic carbocycles. The zero-order chi connectivity index (χ0) is 21.3. The summed E-state index contributed by atoms with van der Waals surface area (Å²) < 4.78 is 7.21. The molecule has 0 saturated carbocycles. The zero-order valence-corrected chi connectivity index (χ0v) is 19.2. The standard InChI is InChI=1S/C23H20Br2N2O3/c24-17-10-11-21(20(25)13-17)30-15-23(29)27-19-8-4-7-18(14-19)26-22(28)12-9-16-5-2-1-3-6-16/h1-8,10-11,13-14H,9,12,15H2,(H,26,28)(H,27,29). The average molecular weight is 532 g/mol. The molecule has 0 saturated heterocycles. The van der Waals surface area contributed by atoms with E-state index in [9.17, 15) is 9.59 Å². The van der Waals surface area contributed by atoms with Crippen LogP contribution in [0.2, 0.25) is 0 Å². The number of carbonyl (C=O) groups is 2. The minimum Gasteiger partial charge on any atom is -0.483 e. The summed E-state index contributed by atoms with van der Waals surface area (Å²) in [5, 5.41) is 5.64. The van der Waals surface area contributed by atoms with E-state index in [4.69, 9.17) is 4.74 Å². The fraction of sp³-hybridized carbons (Fsp3) is 0.130. The van der Waals surface area contributed by atoms with Crippen LogP contribution >= 0.6 is 31.9 Å². The number of halogens is 2. The van der Waals surface area contributed by atoms with E-state index in [0.717, 1.165) is 14.5 Å². The number of ether oxygens (including phenoxy) is 1. The average Bonchev–Trinajstić information content (AvgIpc) is 2.73. The molecule has 30 heavy (non-hydrogen) atoms. The highest BCUT2D eigenvalue weighted by molar-refractivity contribution is 9.11. The number of aryl methyl sites for hydroxylation is 1. The van der Waals surface area contributed by atoms with Crippen LogP contribution in [0.5, 0.6) is 5.75 Å². The van der Waals surface area contributed by atoms with Crippen LogP contribution in [0, 0.1) is 0 Å². The van der Waals surface area contributed by atoms with Crippen molar-refractivity contribution in [3.63, 3.8) is 0 Å². The van der Waals surface area contributed by atoms with Gasteiger partial charge >= 0.3 is 0 Å². The van der Waals surface area contributed by atoms with Gasteiger partial charge in [0.25, 0.3) is 5.91 Å². The number of hydrogen-bond donors (Lipinski definition) is 2. The summed E-state index contributed by atoms with van der Waals surface area (Å²) >= 11 is 6.77. The summed E-state index contributed by atoms with van der Waals surface area (Å²) in [6.45, 7) is -0.131. The maximum absolute atomic E-state index is 12.2. The first-order chi connectivity index (χ1) is 14.5. The molecule has 3 aromatic rings. The molecular formula is C23H20Br2N2O3. The van der Waals surface area contributed by atoms with Crippen molar-refractivity contribution in [1.82, 2.24) is 0 Å². The van der Waals surface area contributed by atoms with E-state index in [-0.39, 0.29) is 18.4 Å². The van der Waals surface area contributed by atoms with Crippen LogP contribution in [0.15, 0.2) is 81.7 Å². The summed E-state index contributed by atoms with van der Waals surface area (Å²) in [5.41, 5.74) is 2.33. The second-order valence-electron chi connectivity index (χ2n) is 6.53. The Labute approximate surface area is 192 Å². The van der Waals surface area contributed by atoms with Crippen molar-refractivity contribution in [3.8, 4) is 5.75 Å². The molecule has 2 N–H and O–H groups in total. The smallest absolute Gasteiger partial charge is 0.262 e. The molecule has 0 unspecified atom stereocenters. The van der Waals surface area contributed by atoms with Crippen LogP contribution in [-0.4, -0.2) is 18.4 Å². The molecule has 0 fully saturated rings. The molecule has 154 valence electrons. The molecule has 2 amide bonds. The Hall–Kier alpha value is -2.64. The second kappa shape index (κ2) is 10.9. The molecule has 3 rings (SSSR count). The first-order valence-electron chi connectivity index (χ1n) is 9.31. The maximum atomic E-state index is 12.2. The summed E-state index contributed by atoms with van der Waals surface area (Å²) in [4.78, 5) is 24.4. The SMILES string of the molecule is O=C(CCc1ccccc1)Nc1cccc(NC(=O)COc2ccc(Br)cc2Br)c1.